The third-order valence-electron chi connectivity index (χ3n) is 4.51. The monoisotopic (exact) mass is 479 g/mol. The molecule has 0 heterocycles. The average molecular weight is 480 g/mol. The number of nitrogens with zero attached hydrogens (tertiary/aromatic N) is 1. The third-order valence-corrected chi connectivity index (χ3v) is 4.74. The van der Waals surface area contributed by atoms with Crippen molar-refractivity contribution in [3.8, 4) is 11.5 Å². The number of carbonyl (C=O) groups is 3. The number of nitrogens with one attached hydrogen (secondary N) is 2. The molecule has 0 fully saturated rings. The highest BCUT2D eigenvalue weighted by molar-refractivity contribution is 6.39. The van der Waals surface area contributed by atoms with Crippen LogP contribution in [0, 0.1) is 0 Å². The Balaban J connectivity index is 1.69. The van der Waals surface area contributed by atoms with Gasteiger partial charge in [0.25, 0.3) is 0 Å². The molecule has 174 valence electrons. The molecule has 0 aliphatic rings. The topological polar surface area (TPSA) is 106 Å². The van der Waals surface area contributed by atoms with Crippen LogP contribution in [-0.4, -0.2) is 30.1 Å². The van der Waals surface area contributed by atoms with Gasteiger partial charge < -0.3 is 14.8 Å². The van der Waals surface area contributed by atoms with Crippen LogP contribution < -0.4 is 20.2 Å². The smallest absolute Gasteiger partial charge is 0.343 e. The predicted octanol–water partition coefficient (Wildman–Crippen LogP) is 4.44. The van der Waals surface area contributed by atoms with E-state index in [0.29, 0.717) is 34.3 Å². The van der Waals surface area contributed by atoms with E-state index in [1.54, 1.807) is 73.7 Å². The number of amides is 2. The minimum Gasteiger partial charge on any atom is -0.492 e. The summed E-state index contributed by atoms with van der Waals surface area (Å²) >= 11 is 5.94. The molecule has 0 atom stereocenters. The summed E-state index contributed by atoms with van der Waals surface area (Å²) in [6, 6.07) is 19.8. The van der Waals surface area contributed by atoms with Crippen LogP contribution in [0.4, 0.5) is 5.69 Å². The minimum absolute atomic E-state index is 0.234. The van der Waals surface area contributed by atoms with E-state index in [1.165, 1.54) is 6.07 Å². The quantitative estimate of drug-likeness (QED) is 0.171. The van der Waals surface area contributed by atoms with E-state index in [9.17, 15) is 14.4 Å². The average Bonchev–Trinajstić information content (AvgIpc) is 2.84. The first-order valence-electron chi connectivity index (χ1n) is 10.3. The molecule has 0 saturated carbocycles. The van der Waals surface area contributed by atoms with Crippen LogP contribution >= 0.6 is 11.6 Å². The van der Waals surface area contributed by atoms with Gasteiger partial charge in [-0.3, -0.25) is 9.59 Å². The summed E-state index contributed by atoms with van der Waals surface area (Å²) in [7, 11) is 0. The number of halogens is 1. The molecule has 9 heteroatoms. The molecule has 8 nitrogen and oxygen atoms in total. The van der Waals surface area contributed by atoms with Crippen molar-refractivity contribution < 1.29 is 23.9 Å². The molecule has 0 radical (unpaired) electrons. The summed E-state index contributed by atoms with van der Waals surface area (Å²) in [6.07, 6.45) is 0. The van der Waals surface area contributed by atoms with E-state index in [2.05, 4.69) is 15.8 Å². The fourth-order valence-electron chi connectivity index (χ4n) is 2.90. The van der Waals surface area contributed by atoms with Crippen molar-refractivity contribution in [1.82, 2.24) is 5.43 Å². The number of hydrogen-bond donors (Lipinski definition) is 2. The number of benzene rings is 3. The maximum Gasteiger partial charge on any atom is 0.343 e. The lowest BCUT2D eigenvalue weighted by Crippen LogP contribution is -2.33. The van der Waals surface area contributed by atoms with E-state index in [0.717, 1.165) is 0 Å². The van der Waals surface area contributed by atoms with E-state index in [1.807, 2.05) is 6.92 Å². The van der Waals surface area contributed by atoms with E-state index in [-0.39, 0.29) is 11.3 Å². The standard InChI is InChI=1S/C25H22ClN3O5/c1-3-33-22-14-7-5-12-20(22)27-23(30)24(31)29-28-16(2)19-11-4-6-13-21(19)34-25(32)17-9-8-10-18(26)15-17/h4-15H,3H2,1-2H3,(H,27,30)(H,29,31)/b28-16+. The van der Waals surface area contributed by atoms with E-state index in [4.69, 9.17) is 21.1 Å². The molecule has 0 saturated heterocycles. The summed E-state index contributed by atoms with van der Waals surface area (Å²) in [6.45, 7) is 3.82. The number of carbonyl (C=O) groups excluding carboxylic acids is 3. The summed E-state index contributed by atoms with van der Waals surface area (Å²) in [5.41, 5.74) is 3.64. The van der Waals surface area contributed by atoms with Crippen LogP contribution in [0.3, 0.4) is 0 Å². The Hall–Kier alpha value is -4.17. The van der Waals surface area contributed by atoms with Crippen molar-refractivity contribution in [1.29, 1.82) is 0 Å². The predicted molar refractivity (Wildman–Crippen MR) is 129 cm³/mol. The fourth-order valence-corrected chi connectivity index (χ4v) is 3.10. The molecular weight excluding hydrogens is 458 g/mol. The molecule has 0 spiro atoms. The van der Waals surface area contributed by atoms with Crippen molar-refractivity contribution in [2.75, 3.05) is 11.9 Å². The third kappa shape index (κ3) is 6.43. The van der Waals surface area contributed by atoms with Crippen LogP contribution in [0.2, 0.25) is 5.02 Å². The Morgan fingerprint density at radius 1 is 0.912 bits per heavy atom. The van der Waals surface area contributed by atoms with Gasteiger partial charge in [0.15, 0.2) is 0 Å². The van der Waals surface area contributed by atoms with Gasteiger partial charge in [0.1, 0.15) is 11.5 Å². The van der Waals surface area contributed by atoms with Crippen LogP contribution in [0.25, 0.3) is 0 Å². The molecule has 3 rings (SSSR count). The van der Waals surface area contributed by atoms with Crippen molar-refractivity contribution in [2.45, 2.75) is 13.8 Å². The Labute approximate surface area is 201 Å². The van der Waals surface area contributed by atoms with Crippen LogP contribution in [0.15, 0.2) is 77.9 Å². The van der Waals surface area contributed by atoms with E-state index >= 15 is 0 Å². The minimum atomic E-state index is -0.973. The first-order chi connectivity index (χ1) is 16.4. The van der Waals surface area contributed by atoms with Gasteiger partial charge in [-0.05, 0) is 56.3 Å². The fraction of sp³-hybridized carbons (Fsp3) is 0.120. The van der Waals surface area contributed by atoms with Gasteiger partial charge in [-0.2, -0.15) is 5.10 Å². The van der Waals surface area contributed by atoms with Crippen LogP contribution in [0.5, 0.6) is 11.5 Å². The lowest BCUT2D eigenvalue weighted by atomic mass is 10.1. The van der Waals surface area contributed by atoms with Crippen LogP contribution in [-0.2, 0) is 9.59 Å². The van der Waals surface area contributed by atoms with Gasteiger partial charge >= 0.3 is 17.8 Å². The molecule has 0 bridgehead atoms. The maximum atomic E-state index is 12.5. The maximum absolute atomic E-state index is 12.5. The van der Waals surface area contributed by atoms with Crippen molar-refractivity contribution in [3.05, 3.63) is 88.9 Å². The summed E-state index contributed by atoms with van der Waals surface area (Å²) < 4.78 is 10.9. The normalized spacial score (nSPS) is 10.9. The zero-order chi connectivity index (χ0) is 24.5. The Morgan fingerprint density at radius 3 is 2.35 bits per heavy atom. The summed E-state index contributed by atoms with van der Waals surface area (Å²) in [4.78, 5) is 37.0. The number of esters is 1. The highest BCUT2D eigenvalue weighted by atomic mass is 35.5. The highest BCUT2D eigenvalue weighted by Crippen LogP contribution is 2.24. The van der Waals surface area contributed by atoms with Crippen molar-refractivity contribution in [2.24, 2.45) is 5.10 Å². The number of anilines is 1. The summed E-state index contributed by atoms with van der Waals surface area (Å²) in [5, 5.41) is 6.88. The van der Waals surface area contributed by atoms with E-state index < -0.39 is 17.8 Å². The molecule has 0 unspecified atom stereocenters. The SMILES string of the molecule is CCOc1ccccc1NC(=O)C(=O)N/N=C(\C)c1ccccc1OC(=O)c1cccc(Cl)c1. The second kappa shape index (κ2) is 11.6. The summed E-state index contributed by atoms with van der Waals surface area (Å²) in [5.74, 6) is -1.80. The second-order valence-corrected chi connectivity index (χ2v) is 7.35. The highest BCUT2D eigenvalue weighted by Gasteiger charge is 2.17. The molecular formula is C25H22ClN3O5. The molecule has 0 aliphatic heterocycles. The lowest BCUT2D eigenvalue weighted by Gasteiger charge is -2.11. The number of para-hydroxylation sites is 3. The molecule has 0 aliphatic carbocycles. The molecule has 3 aromatic rings. The van der Waals surface area contributed by atoms with Gasteiger partial charge in [0.2, 0.25) is 0 Å². The van der Waals surface area contributed by atoms with Gasteiger partial charge in [-0.25, -0.2) is 10.2 Å². The van der Waals surface area contributed by atoms with Crippen LogP contribution in [0.1, 0.15) is 29.8 Å². The largest absolute Gasteiger partial charge is 0.492 e. The lowest BCUT2D eigenvalue weighted by molar-refractivity contribution is -0.136. The molecule has 0 aromatic heterocycles. The number of rotatable bonds is 7. The van der Waals surface area contributed by atoms with Crippen molar-refractivity contribution >= 4 is 40.8 Å². The van der Waals surface area contributed by atoms with Gasteiger partial charge in [-0.15, -0.1) is 0 Å². The van der Waals surface area contributed by atoms with Crippen molar-refractivity contribution in [3.63, 3.8) is 0 Å². The van der Waals surface area contributed by atoms with Gasteiger partial charge in [-0.1, -0.05) is 41.9 Å². The number of hydrazone groups is 1. The number of ether oxygens (including phenoxy) is 2. The second-order valence-electron chi connectivity index (χ2n) is 6.92. The molecule has 3 aromatic carbocycles. The zero-order valence-corrected chi connectivity index (χ0v) is 19.3. The Kier molecular flexibility index (Phi) is 8.37. The first kappa shape index (κ1) is 24.5. The Bertz CT molecular complexity index is 1240. The molecule has 2 amide bonds. The van der Waals surface area contributed by atoms with Gasteiger partial charge in [0, 0.05) is 10.6 Å². The Morgan fingerprint density at radius 2 is 1.62 bits per heavy atom. The number of hydrogen-bond acceptors (Lipinski definition) is 6. The first-order valence-corrected chi connectivity index (χ1v) is 10.7. The molecule has 34 heavy (non-hydrogen) atoms. The zero-order valence-electron chi connectivity index (χ0n) is 18.5. The van der Waals surface area contributed by atoms with Gasteiger partial charge in [0.05, 0.1) is 23.6 Å². The molecule has 2 N–H and O–H groups in total.